The molecular weight excluding hydrogens is 382 g/mol. The number of ether oxygens (including phenoxy) is 2. The van der Waals surface area contributed by atoms with Gasteiger partial charge in [0.2, 0.25) is 0 Å². The summed E-state index contributed by atoms with van der Waals surface area (Å²) in [5.41, 5.74) is -1.65. The Morgan fingerprint density at radius 1 is 1.17 bits per heavy atom. The summed E-state index contributed by atoms with van der Waals surface area (Å²) >= 11 is 0. The molecule has 9 nitrogen and oxygen atoms in total. The number of hydrogen-bond donors (Lipinski definition) is 2. The van der Waals surface area contributed by atoms with Gasteiger partial charge in [-0.1, -0.05) is 12.1 Å². The number of methoxy groups -OCH3 is 2. The Morgan fingerprint density at radius 3 is 2.59 bits per heavy atom. The van der Waals surface area contributed by atoms with Crippen LogP contribution in [0.25, 0.3) is 11.0 Å². The lowest BCUT2D eigenvalue weighted by Gasteiger charge is -2.17. The number of H-pyrrole nitrogens is 1. The van der Waals surface area contributed by atoms with Gasteiger partial charge in [-0.15, -0.1) is 0 Å². The molecule has 0 saturated heterocycles. The first-order chi connectivity index (χ1) is 13.9. The number of aromatic nitrogens is 1. The average molecular weight is 399 g/mol. The molecule has 0 radical (unpaired) electrons. The number of carbonyl (C=O) groups excluding carboxylic acids is 2. The molecule has 3 rings (SSSR count). The van der Waals surface area contributed by atoms with Crippen LogP contribution < -0.4 is 11.0 Å². The Labute approximate surface area is 163 Å². The van der Waals surface area contributed by atoms with Gasteiger partial charge in [0.05, 0.1) is 37.9 Å². The maximum atomic E-state index is 13.0. The van der Waals surface area contributed by atoms with Gasteiger partial charge in [-0.3, -0.25) is 14.4 Å². The average Bonchev–Trinajstić information content (AvgIpc) is 2.73. The molecule has 0 aliphatic rings. The first kappa shape index (κ1) is 19.9. The van der Waals surface area contributed by atoms with Gasteiger partial charge in [-0.05, 0) is 12.1 Å². The van der Waals surface area contributed by atoms with E-state index in [1.165, 1.54) is 6.07 Å². The van der Waals surface area contributed by atoms with E-state index in [0.717, 1.165) is 26.7 Å². The van der Waals surface area contributed by atoms with Crippen molar-refractivity contribution in [2.24, 2.45) is 0 Å². The largest absolute Gasteiger partial charge is 0.506 e. The zero-order chi connectivity index (χ0) is 21.1. The van der Waals surface area contributed by atoms with Crippen molar-refractivity contribution < 1.29 is 28.6 Å². The molecule has 0 spiro atoms. The summed E-state index contributed by atoms with van der Waals surface area (Å²) in [4.78, 5) is 51.7. The zero-order valence-corrected chi connectivity index (χ0v) is 15.6. The number of aromatic hydroxyl groups is 1. The van der Waals surface area contributed by atoms with Gasteiger partial charge in [0.15, 0.2) is 5.43 Å². The Kier molecular flexibility index (Phi) is 5.49. The summed E-state index contributed by atoms with van der Waals surface area (Å²) in [6.07, 6.45) is 1.67. The van der Waals surface area contributed by atoms with Gasteiger partial charge < -0.3 is 24.0 Å². The van der Waals surface area contributed by atoms with Crippen LogP contribution in [0, 0.1) is 0 Å². The number of nitrogens with one attached hydrogen (secondary N) is 1. The summed E-state index contributed by atoms with van der Waals surface area (Å²) in [6.45, 7) is 0. The van der Waals surface area contributed by atoms with Crippen LogP contribution in [0.1, 0.15) is 33.8 Å². The Bertz CT molecular complexity index is 1210. The van der Waals surface area contributed by atoms with Gasteiger partial charge in [0.1, 0.15) is 16.9 Å². The first-order valence-corrected chi connectivity index (χ1v) is 8.49. The number of esters is 2. The van der Waals surface area contributed by atoms with Crippen LogP contribution in [-0.2, 0) is 14.3 Å². The normalized spacial score (nSPS) is 11.8. The van der Waals surface area contributed by atoms with Crippen molar-refractivity contribution in [3.8, 4) is 5.75 Å². The predicted molar refractivity (Wildman–Crippen MR) is 101 cm³/mol. The van der Waals surface area contributed by atoms with E-state index in [-0.39, 0.29) is 22.1 Å². The minimum absolute atomic E-state index is 0.0445. The maximum Gasteiger partial charge on any atom is 0.343 e. The summed E-state index contributed by atoms with van der Waals surface area (Å²) in [6, 6.07) is 6.46. The lowest BCUT2D eigenvalue weighted by Crippen LogP contribution is -2.25. The number of hydrogen-bond acceptors (Lipinski definition) is 8. The van der Waals surface area contributed by atoms with E-state index < -0.39 is 41.0 Å². The zero-order valence-electron chi connectivity index (χ0n) is 15.6. The van der Waals surface area contributed by atoms with E-state index >= 15 is 0 Å². The third-order valence-electron chi connectivity index (χ3n) is 4.54. The van der Waals surface area contributed by atoms with E-state index in [9.17, 15) is 24.3 Å². The fourth-order valence-corrected chi connectivity index (χ4v) is 3.08. The molecule has 2 aromatic heterocycles. The minimum Gasteiger partial charge on any atom is -0.506 e. The number of fused-ring (bicyclic) bond motifs is 1. The highest BCUT2D eigenvalue weighted by molar-refractivity contribution is 5.92. The van der Waals surface area contributed by atoms with Crippen molar-refractivity contribution in [3.63, 3.8) is 0 Å². The van der Waals surface area contributed by atoms with Crippen molar-refractivity contribution in [2.75, 3.05) is 14.2 Å². The van der Waals surface area contributed by atoms with Crippen molar-refractivity contribution in [1.29, 1.82) is 0 Å². The molecule has 2 N–H and O–H groups in total. The smallest absolute Gasteiger partial charge is 0.343 e. The molecule has 29 heavy (non-hydrogen) atoms. The van der Waals surface area contributed by atoms with E-state index in [0.29, 0.717) is 5.58 Å². The fraction of sp³-hybridized carbons (Fsp3) is 0.200. The lowest BCUT2D eigenvalue weighted by molar-refractivity contribution is -0.140. The van der Waals surface area contributed by atoms with Crippen LogP contribution in [0.5, 0.6) is 5.75 Å². The Morgan fingerprint density at radius 2 is 1.90 bits per heavy atom. The van der Waals surface area contributed by atoms with Crippen LogP contribution in [0.3, 0.4) is 0 Å². The number of para-hydroxylation sites is 1. The van der Waals surface area contributed by atoms with E-state index in [2.05, 4.69) is 14.5 Å². The molecule has 0 saturated carbocycles. The van der Waals surface area contributed by atoms with Crippen LogP contribution in [-0.4, -0.2) is 36.2 Å². The van der Waals surface area contributed by atoms with Gasteiger partial charge in [0, 0.05) is 17.7 Å². The van der Waals surface area contributed by atoms with E-state index in [1.54, 1.807) is 18.2 Å². The third-order valence-corrected chi connectivity index (χ3v) is 4.54. The summed E-state index contributed by atoms with van der Waals surface area (Å²) in [7, 11) is 2.26. The van der Waals surface area contributed by atoms with Crippen molar-refractivity contribution >= 4 is 22.9 Å². The molecule has 150 valence electrons. The number of carbonyl (C=O) groups is 2. The second-order valence-corrected chi connectivity index (χ2v) is 6.13. The summed E-state index contributed by atoms with van der Waals surface area (Å²) < 4.78 is 14.7. The molecule has 0 aliphatic carbocycles. The quantitative estimate of drug-likeness (QED) is 0.619. The van der Waals surface area contributed by atoms with Gasteiger partial charge in [0.25, 0.3) is 5.56 Å². The molecular formula is C20H17NO8. The van der Waals surface area contributed by atoms with Crippen molar-refractivity contribution in [2.45, 2.75) is 12.3 Å². The van der Waals surface area contributed by atoms with Crippen LogP contribution >= 0.6 is 0 Å². The maximum absolute atomic E-state index is 13.0. The van der Waals surface area contributed by atoms with Gasteiger partial charge in [-0.2, -0.15) is 0 Å². The molecule has 9 heteroatoms. The molecule has 2 heterocycles. The van der Waals surface area contributed by atoms with Crippen molar-refractivity contribution in [1.82, 2.24) is 4.98 Å². The monoisotopic (exact) mass is 399 g/mol. The number of aromatic amines is 1. The lowest BCUT2D eigenvalue weighted by atomic mass is 9.88. The highest BCUT2D eigenvalue weighted by Crippen LogP contribution is 2.33. The molecule has 0 aliphatic heterocycles. The van der Waals surface area contributed by atoms with Crippen LogP contribution in [0.15, 0.2) is 50.7 Å². The van der Waals surface area contributed by atoms with E-state index in [4.69, 9.17) is 4.42 Å². The molecule has 1 unspecified atom stereocenters. The minimum atomic E-state index is -1.23. The third kappa shape index (κ3) is 3.62. The Hall–Kier alpha value is -3.88. The van der Waals surface area contributed by atoms with Crippen LogP contribution in [0.2, 0.25) is 0 Å². The highest BCUT2D eigenvalue weighted by Gasteiger charge is 2.30. The number of benzene rings is 1. The summed E-state index contributed by atoms with van der Waals surface area (Å²) in [5.74, 6) is -3.55. The predicted octanol–water partition coefficient (Wildman–Crippen LogP) is 1.67. The number of rotatable bonds is 5. The standard InChI is InChI=1S/C20H17NO8/c1-27-15(22)7-11(13-9-29-14-6-4-3-5-10(14)17(13)23)16-18(24)12(20(26)28-2)8-21-19(16)25/h3-6,8-9,11H,7H2,1-2H3,(H2,21,24,25). The molecule has 1 atom stereocenters. The second-order valence-electron chi connectivity index (χ2n) is 6.13. The number of pyridine rings is 1. The highest BCUT2D eigenvalue weighted by atomic mass is 16.5. The summed E-state index contributed by atoms with van der Waals surface area (Å²) in [5, 5.41) is 10.8. The molecule has 0 fully saturated rings. The van der Waals surface area contributed by atoms with Crippen LogP contribution in [0.4, 0.5) is 0 Å². The Balaban J connectivity index is 2.30. The fourth-order valence-electron chi connectivity index (χ4n) is 3.08. The van der Waals surface area contributed by atoms with Crippen molar-refractivity contribution in [3.05, 3.63) is 74.0 Å². The molecule has 0 amide bonds. The first-order valence-electron chi connectivity index (χ1n) is 8.49. The van der Waals surface area contributed by atoms with Gasteiger partial charge >= 0.3 is 11.9 Å². The molecule has 0 bridgehead atoms. The SMILES string of the molecule is COC(=O)CC(c1c(O)c(C(=O)OC)c[nH]c1=O)c1coc2ccccc2c1=O. The van der Waals surface area contributed by atoms with E-state index in [1.807, 2.05) is 0 Å². The molecule has 3 aromatic rings. The topological polar surface area (TPSA) is 136 Å². The van der Waals surface area contributed by atoms with Gasteiger partial charge in [-0.25, -0.2) is 4.79 Å². The second kappa shape index (κ2) is 8.01. The molecule has 1 aromatic carbocycles.